The molecule has 2 rings (SSSR count). The summed E-state index contributed by atoms with van der Waals surface area (Å²) in [4.78, 5) is 0. The Morgan fingerprint density at radius 3 is 2.59 bits per heavy atom. The van der Waals surface area contributed by atoms with Crippen molar-refractivity contribution in [2.24, 2.45) is 0 Å². The van der Waals surface area contributed by atoms with E-state index in [-0.39, 0.29) is 23.2 Å². The summed E-state index contributed by atoms with van der Waals surface area (Å²) in [6.07, 6.45) is -0.947. The quantitative estimate of drug-likeness (QED) is 0.916. The molecular weight excluding hydrogens is 309 g/mol. The number of hydrogen-bond donors (Lipinski definition) is 1. The number of hydrogen-bond acceptors (Lipinski definition) is 4. The molecule has 0 aliphatic rings. The van der Waals surface area contributed by atoms with Crippen LogP contribution in [-0.4, -0.2) is 18.8 Å². The number of benzene rings is 2. The summed E-state index contributed by atoms with van der Waals surface area (Å²) < 4.78 is 23.5. The first-order valence-corrected chi connectivity index (χ1v) is 6.77. The molecule has 2 aromatic carbocycles. The zero-order valence-corrected chi connectivity index (χ0v) is 12.5. The molecule has 0 fully saturated rings. The van der Waals surface area contributed by atoms with Gasteiger partial charge in [0.1, 0.15) is 18.5 Å². The molecule has 0 heterocycles. The molecule has 22 heavy (non-hydrogen) atoms. The van der Waals surface area contributed by atoms with Crippen molar-refractivity contribution in [1.82, 2.24) is 0 Å². The van der Waals surface area contributed by atoms with Crippen molar-refractivity contribution in [3.05, 3.63) is 58.4 Å². The van der Waals surface area contributed by atoms with Crippen LogP contribution in [0.2, 0.25) is 5.02 Å². The predicted octanol–water partition coefficient (Wildman–Crippen LogP) is 3.47. The van der Waals surface area contributed by atoms with E-state index in [2.05, 4.69) is 0 Å². The van der Waals surface area contributed by atoms with E-state index in [9.17, 15) is 9.50 Å². The molecule has 6 heteroatoms. The lowest BCUT2D eigenvalue weighted by Gasteiger charge is -2.16. The van der Waals surface area contributed by atoms with Crippen LogP contribution < -0.4 is 9.47 Å². The zero-order valence-electron chi connectivity index (χ0n) is 11.7. The first-order chi connectivity index (χ1) is 10.5. The first kappa shape index (κ1) is 16.1. The molecule has 0 saturated carbocycles. The molecular formula is C16H13ClFNO3. The Bertz CT molecular complexity index is 698. The number of ether oxygens (including phenoxy) is 2. The number of aliphatic hydroxyl groups excluding tert-OH is 1. The van der Waals surface area contributed by atoms with Crippen molar-refractivity contribution in [2.75, 3.05) is 13.7 Å². The van der Waals surface area contributed by atoms with Crippen LogP contribution in [0.5, 0.6) is 11.5 Å². The average Bonchev–Trinajstić information content (AvgIpc) is 2.53. The van der Waals surface area contributed by atoms with Gasteiger partial charge in [-0.3, -0.25) is 0 Å². The van der Waals surface area contributed by atoms with Gasteiger partial charge >= 0.3 is 0 Å². The zero-order chi connectivity index (χ0) is 16.1. The molecule has 0 aliphatic heterocycles. The van der Waals surface area contributed by atoms with Gasteiger partial charge in [-0.1, -0.05) is 23.7 Å². The normalized spacial score (nSPS) is 11.6. The van der Waals surface area contributed by atoms with Gasteiger partial charge in [0, 0.05) is 6.07 Å². The molecule has 0 saturated heterocycles. The van der Waals surface area contributed by atoms with E-state index in [0.29, 0.717) is 16.9 Å². The Morgan fingerprint density at radius 2 is 2.00 bits per heavy atom. The van der Waals surface area contributed by atoms with Crippen molar-refractivity contribution < 1.29 is 19.0 Å². The number of aliphatic hydroxyl groups is 1. The summed E-state index contributed by atoms with van der Waals surface area (Å²) in [6.45, 7) is -0.0897. The monoisotopic (exact) mass is 321 g/mol. The Morgan fingerprint density at radius 1 is 1.32 bits per heavy atom. The SMILES string of the molecule is COc1cc(C#N)cc(Cl)c1OCC(O)c1ccc(F)cc1. The van der Waals surface area contributed by atoms with Crippen LogP contribution in [0.25, 0.3) is 0 Å². The average molecular weight is 322 g/mol. The van der Waals surface area contributed by atoms with Gasteiger partial charge in [0.15, 0.2) is 11.5 Å². The molecule has 0 aromatic heterocycles. The number of rotatable bonds is 5. The summed E-state index contributed by atoms with van der Waals surface area (Å²) in [5.41, 5.74) is 0.860. The van der Waals surface area contributed by atoms with Crippen molar-refractivity contribution in [2.45, 2.75) is 6.10 Å². The van der Waals surface area contributed by atoms with Crippen LogP contribution in [0.3, 0.4) is 0 Å². The maximum atomic E-state index is 12.9. The molecule has 0 spiro atoms. The van der Waals surface area contributed by atoms with E-state index < -0.39 is 6.10 Å². The largest absolute Gasteiger partial charge is 0.493 e. The summed E-state index contributed by atoms with van der Waals surface area (Å²) in [7, 11) is 1.43. The number of methoxy groups -OCH3 is 1. The predicted molar refractivity (Wildman–Crippen MR) is 79.6 cm³/mol. The minimum Gasteiger partial charge on any atom is -0.493 e. The van der Waals surface area contributed by atoms with Gasteiger partial charge < -0.3 is 14.6 Å². The molecule has 0 aliphatic carbocycles. The molecule has 0 radical (unpaired) electrons. The van der Waals surface area contributed by atoms with E-state index >= 15 is 0 Å². The topological polar surface area (TPSA) is 62.5 Å². The van der Waals surface area contributed by atoms with Gasteiger partial charge in [0.2, 0.25) is 0 Å². The van der Waals surface area contributed by atoms with Crippen molar-refractivity contribution in [1.29, 1.82) is 5.26 Å². The number of nitriles is 1. The Kier molecular flexibility index (Phi) is 5.21. The maximum absolute atomic E-state index is 12.9. The highest BCUT2D eigenvalue weighted by atomic mass is 35.5. The summed E-state index contributed by atoms with van der Waals surface area (Å²) >= 11 is 6.05. The lowest BCUT2D eigenvalue weighted by Crippen LogP contribution is -2.10. The van der Waals surface area contributed by atoms with Crippen LogP contribution in [-0.2, 0) is 0 Å². The highest BCUT2D eigenvalue weighted by Gasteiger charge is 2.15. The molecule has 2 aromatic rings. The fourth-order valence-electron chi connectivity index (χ4n) is 1.87. The fourth-order valence-corrected chi connectivity index (χ4v) is 2.13. The molecule has 4 nitrogen and oxygen atoms in total. The third kappa shape index (κ3) is 3.67. The van der Waals surface area contributed by atoms with E-state index in [0.717, 1.165) is 0 Å². The van der Waals surface area contributed by atoms with Crippen LogP contribution in [0.4, 0.5) is 4.39 Å². The summed E-state index contributed by atoms with van der Waals surface area (Å²) in [5, 5.41) is 19.1. The van der Waals surface area contributed by atoms with Gasteiger partial charge in [0.05, 0.1) is 23.8 Å². The lowest BCUT2D eigenvalue weighted by molar-refractivity contribution is 0.106. The van der Waals surface area contributed by atoms with Crippen LogP contribution in [0, 0.1) is 17.1 Å². The van der Waals surface area contributed by atoms with Crippen molar-refractivity contribution in [3.63, 3.8) is 0 Å². The van der Waals surface area contributed by atoms with Crippen molar-refractivity contribution in [3.8, 4) is 17.6 Å². The number of nitrogens with zero attached hydrogens (tertiary/aromatic N) is 1. The Labute approximate surface area is 132 Å². The molecule has 1 N–H and O–H groups in total. The van der Waals surface area contributed by atoms with Crippen LogP contribution >= 0.6 is 11.6 Å². The standard InChI is InChI=1S/C16H13ClFNO3/c1-21-15-7-10(8-19)6-13(17)16(15)22-9-14(20)11-2-4-12(18)5-3-11/h2-7,14,20H,9H2,1H3. The first-order valence-electron chi connectivity index (χ1n) is 6.39. The van der Waals surface area contributed by atoms with Gasteiger partial charge in [-0.05, 0) is 23.8 Å². The van der Waals surface area contributed by atoms with Gasteiger partial charge in [-0.25, -0.2) is 4.39 Å². The third-order valence-corrected chi connectivity index (χ3v) is 3.28. The second-order valence-electron chi connectivity index (χ2n) is 4.48. The van der Waals surface area contributed by atoms with E-state index in [4.69, 9.17) is 26.3 Å². The molecule has 1 unspecified atom stereocenters. The smallest absolute Gasteiger partial charge is 0.179 e. The minimum absolute atomic E-state index is 0.0897. The van der Waals surface area contributed by atoms with Crippen LogP contribution in [0.15, 0.2) is 36.4 Å². The summed E-state index contributed by atoms with van der Waals surface area (Å²) in [5.74, 6) is 0.161. The highest BCUT2D eigenvalue weighted by molar-refractivity contribution is 6.32. The van der Waals surface area contributed by atoms with E-state index in [1.54, 1.807) is 0 Å². The third-order valence-electron chi connectivity index (χ3n) is 3.00. The van der Waals surface area contributed by atoms with Gasteiger partial charge in [0.25, 0.3) is 0 Å². The number of halogens is 2. The fraction of sp³-hybridized carbons (Fsp3) is 0.188. The van der Waals surface area contributed by atoms with E-state index in [1.165, 1.54) is 43.5 Å². The van der Waals surface area contributed by atoms with Crippen molar-refractivity contribution >= 4 is 11.6 Å². The van der Waals surface area contributed by atoms with Gasteiger partial charge in [-0.15, -0.1) is 0 Å². The second kappa shape index (κ2) is 7.12. The summed E-state index contributed by atoms with van der Waals surface area (Å²) in [6, 6.07) is 10.4. The minimum atomic E-state index is -0.947. The highest BCUT2D eigenvalue weighted by Crippen LogP contribution is 2.36. The lowest BCUT2D eigenvalue weighted by atomic mass is 10.1. The van der Waals surface area contributed by atoms with Gasteiger partial charge in [-0.2, -0.15) is 5.26 Å². The Balaban J connectivity index is 2.14. The molecule has 114 valence electrons. The molecule has 0 bridgehead atoms. The Hall–Kier alpha value is -2.29. The molecule has 1 atom stereocenters. The maximum Gasteiger partial charge on any atom is 0.179 e. The van der Waals surface area contributed by atoms with E-state index in [1.807, 2.05) is 6.07 Å². The second-order valence-corrected chi connectivity index (χ2v) is 4.89. The molecule has 0 amide bonds. The van der Waals surface area contributed by atoms with Crippen LogP contribution in [0.1, 0.15) is 17.2 Å².